The molecule has 0 aromatic rings. The molecule has 0 heterocycles. The Kier molecular flexibility index (Phi) is 32.6. The van der Waals surface area contributed by atoms with Gasteiger partial charge in [0.2, 0.25) is 0 Å². The number of phosphoric acid groups is 1. The number of ether oxygens (including phenoxy) is 2. The van der Waals surface area contributed by atoms with Gasteiger partial charge in [0, 0.05) is 13.0 Å². The number of likely N-dealkylation sites (N-methyl/N-ethyl adjacent to an activating group) is 1. The molecule has 0 aliphatic rings. The highest BCUT2D eigenvalue weighted by molar-refractivity contribution is 7.47. The van der Waals surface area contributed by atoms with Crippen molar-refractivity contribution in [2.45, 2.75) is 129 Å². The minimum Gasteiger partial charge on any atom is -0.457 e. The van der Waals surface area contributed by atoms with Crippen molar-refractivity contribution in [1.29, 1.82) is 0 Å². The molecule has 2 atom stereocenters. The fourth-order valence-electron chi connectivity index (χ4n) is 4.58. The van der Waals surface area contributed by atoms with Gasteiger partial charge in [-0.2, -0.15) is 0 Å². The van der Waals surface area contributed by atoms with E-state index in [1.807, 2.05) is 33.3 Å². The van der Waals surface area contributed by atoms with Gasteiger partial charge in [-0.3, -0.25) is 13.8 Å². The Balaban J connectivity index is 4.43. The van der Waals surface area contributed by atoms with E-state index < -0.39 is 19.9 Å². The number of quaternary nitrogens is 1. The first-order valence-corrected chi connectivity index (χ1v) is 20.7. The summed E-state index contributed by atoms with van der Waals surface area (Å²) in [6.07, 6.45) is 42.4. The smallest absolute Gasteiger partial charge is 0.457 e. The third-order valence-corrected chi connectivity index (χ3v) is 8.53. The molecule has 1 N–H and O–H groups in total. The van der Waals surface area contributed by atoms with E-state index in [9.17, 15) is 14.3 Å². The molecule has 0 spiro atoms. The second-order valence-electron chi connectivity index (χ2n) is 13.6. The summed E-state index contributed by atoms with van der Waals surface area (Å²) in [5, 5.41) is 0. The summed E-state index contributed by atoms with van der Waals surface area (Å²) in [5.74, 6) is -0.400. The number of nitrogens with zero attached hydrogens (tertiary/aromatic N) is 1. The zero-order valence-corrected chi connectivity index (χ0v) is 33.2. The molecule has 9 heteroatoms. The van der Waals surface area contributed by atoms with Crippen LogP contribution in [0.5, 0.6) is 0 Å². The molecular formula is C41H73NO7P+. The molecule has 0 radical (unpaired) electrons. The van der Waals surface area contributed by atoms with Gasteiger partial charge in [0.25, 0.3) is 0 Å². The Bertz CT molecular complexity index is 1030. The van der Waals surface area contributed by atoms with Crippen molar-refractivity contribution in [3.05, 3.63) is 72.9 Å². The third kappa shape index (κ3) is 37.2. The maximum absolute atomic E-state index is 12.6. The summed E-state index contributed by atoms with van der Waals surface area (Å²) in [4.78, 5) is 22.7. The molecule has 50 heavy (non-hydrogen) atoms. The van der Waals surface area contributed by atoms with Gasteiger partial charge < -0.3 is 18.9 Å². The topological polar surface area (TPSA) is 91.3 Å². The summed E-state index contributed by atoms with van der Waals surface area (Å²) in [5.41, 5.74) is 0. The molecule has 0 aromatic heterocycles. The molecule has 2 unspecified atom stereocenters. The minimum atomic E-state index is -4.29. The van der Waals surface area contributed by atoms with Crippen LogP contribution in [0.25, 0.3) is 0 Å². The molecule has 0 aliphatic carbocycles. The lowest BCUT2D eigenvalue weighted by Gasteiger charge is -2.24. The lowest BCUT2D eigenvalue weighted by atomic mass is 10.1. The van der Waals surface area contributed by atoms with E-state index in [4.69, 9.17) is 18.5 Å². The maximum atomic E-state index is 12.6. The molecule has 0 saturated heterocycles. The van der Waals surface area contributed by atoms with Crippen LogP contribution < -0.4 is 0 Å². The van der Waals surface area contributed by atoms with Crippen molar-refractivity contribution in [2.75, 3.05) is 54.1 Å². The molecular weight excluding hydrogens is 649 g/mol. The summed E-state index contributed by atoms with van der Waals surface area (Å²) in [6, 6.07) is 0. The van der Waals surface area contributed by atoms with E-state index in [0.29, 0.717) is 24.1 Å². The first kappa shape index (κ1) is 47.9. The Hall–Kier alpha value is -2.06. The van der Waals surface area contributed by atoms with Crippen LogP contribution >= 0.6 is 7.82 Å². The van der Waals surface area contributed by atoms with E-state index in [1.165, 1.54) is 44.9 Å². The van der Waals surface area contributed by atoms with Gasteiger partial charge in [-0.05, 0) is 51.4 Å². The highest BCUT2D eigenvalue weighted by atomic mass is 31.2. The average molecular weight is 723 g/mol. The summed E-state index contributed by atoms with van der Waals surface area (Å²) >= 11 is 0. The number of carbonyl (C=O) groups is 1. The largest absolute Gasteiger partial charge is 0.472 e. The van der Waals surface area contributed by atoms with Crippen molar-refractivity contribution >= 4 is 13.8 Å². The van der Waals surface area contributed by atoms with Crippen LogP contribution in [0.2, 0.25) is 0 Å². The number of allylic oxidation sites excluding steroid dienone is 12. The number of rotatable bonds is 34. The molecule has 0 aliphatic heterocycles. The zero-order chi connectivity index (χ0) is 37.0. The van der Waals surface area contributed by atoms with Gasteiger partial charge in [0.1, 0.15) is 19.3 Å². The average Bonchev–Trinajstić information content (AvgIpc) is 3.06. The van der Waals surface area contributed by atoms with E-state index in [2.05, 4.69) is 74.6 Å². The molecule has 0 aromatic carbocycles. The van der Waals surface area contributed by atoms with Gasteiger partial charge in [0.15, 0.2) is 0 Å². The number of hydrogen-bond acceptors (Lipinski definition) is 6. The van der Waals surface area contributed by atoms with Crippen molar-refractivity contribution in [3.8, 4) is 0 Å². The van der Waals surface area contributed by atoms with E-state index in [-0.39, 0.29) is 26.2 Å². The Labute approximate surface area is 306 Å². The van der Waals surface area contributed by atoms with Crippen molar-refractivity contribution in [3.63, 3.8) is 0 Å². The van der Waals surface area contributed by atoms with E-state index in [1.54, 1.807) is 0 Å². The van der Waals surface area contributed by atoms with Gasteiger partial charge >= 0.3 is 13.8 Å². The van der Waals surface area contributed by atoms with Crippen LogP contribution in [0, 0.1) is 0 Å². The lowest BCUT2D eigenvalue weighted by Crippen LogP contribution is -2.37. The normalized spacial score (nSPS) is 14.8. The molecule has 0 fully saturated rings. The quantitative estimate of drug-likeness (QED) is 0.0232. The van der Waals surface area contributed by atoms with Crippen LogP contribution in [0.4, 0.5) is 0 Å². The standard InChI is InChI=1S/C41H72NO7P/c1-6-8-10-12-14-16-17-18-19-20-21-22-23-24-25-26-28-30-32-34-41(43)49-40(39-48-50(44,45)47-37-35-42(3,4)5)38-46-36-33-31-29-27-15-13-11-9-7-2/h8,10,14,16,18-19,21-22,24-25,28,30,40H,6-7,9,11-13,15,17,20,23,26-27,29,31-39H2,1-5H3/p+1/b10-8-,16-14-,19-18-,22-21-,25-24-,30-28-. The van der Waals surface area contributed by atoms with Crippen molar-refractivity contribution < 1.29 is 37.3 Å². The van der Waals surface area contributed by atoms with Crippen LogP contribution in [-0.2, 0) is 27.9 Å². The fraction of sp³-hybridized carbons (Fsp3) is 0.683. The van der Waals surface area contributed by atoms with Crippen molar-refractivity contribution in [1.82, 2.24) is 0 Å². The molecule has 0 amide bonds. The molecule has 0 saturated carbocycles. The van der Waals surface area contributed by atoms with Gasteiger partial charge in [0.05, 0.1) is 34.4 Å². The fourth-order valence-corrected chi connectivity index (χ4v) is 5.32. The maximum Gasteiger partial charge on any atom is 0.472 e. The lowest BCUT2D eigenvalue weighted by molar-refractivity contribution is -0.870. The second kappa shape index (κ2) is 34.0. The highest BCUT2D eigenvalue weighted by Crippen LogP contribution is 2.43. The van der Waals surface area contributed by atoms with Crippen LogP contribution in [0.1, 0.15) is 123 Å². The van der Waals surface area contributed by atoms with E-state index >= 15 is 0 Å². The minimum absolute atomic E-state index is 0.0722. The van der Waals surface area contributed by atoms with Crippen molar-refractivity contribution in [2.24, 2.45) is 0 Å². The summed E-state index contributed by atoms with van der Waals surface area (Å²) in [7, 11) is 1.61. The predicted octanol–water partition coefficient (Wildman–Crippen LogP) is 10.8. The first-order valence-electron chi connectivity index (χ1n) is 19.2. The monoisotopic (exact) mass is 723 g/mol. The second-order valence-corrected chi connectivity index (χ2v) is 15.0. The molecule has 0 bridgehead atoms. The molecule has 288 valence electrons. The van der Waals surface area contributed by atoms with Crippen LogP contribution in [0.15, 0.2) is 72.9 Å². The van der Waals surface area contributed by atoms with E-state index in [0.717, 1.165) is 51.4 Å². The van der Waals surface area contributed by atoms with Gasteiger partial charge in [-0.15, -0.1) is 0 Å². The summed E-state index contributed by atoms with van der Waals surface area (Å²) in [6.45, 7) is 5.36. The third-order valence-electron chi connectivity index (χ3n) is 7.55. The number of esters is 1. The zero-order valence-electron chi connectivity index (χ0n) is 32.4. The Morgan fingerprint density at radius 1 is 0.640 bits per heavy atom. The predicted molar refractivity (Wildman–Crippen MR) is 210 cm³/mol. The molecule has 8 nitrogen and oxygen atoms in total. The number of hydrogen-bond donors (Lipinski definition) is 1. The van der Waals surface area contributed by atoms with Gasteiger partial charge in [-0.1, -0.05) is 138 Å². The number of phosphoric ester groups is 1. The number of carbonyl (C=O) groups excluding carboxylic acids is 1. The molecule has 0 rings (SSSR count). The van der Waals surface area contributed by atoms with Crippen LogP contribution in [-0.4, -0.2) is 75.6 Å². The first-order chi connectivity index (χ1) is 24.1. The Morgan fingerprint density at radius 3 is 1.62 bits per heavy atom. The number of unbranched alkanes of at least 4 members (excludes halogenated alkanes) is 8. The Morgan fingerprint density at radius 2 is 1.12 bits per heavy atom. The van der Waals surface area contributed by atoms with Crippen LogP contribution in [0.3, 0.4) is 0 Å². The summed E-state index contributed by atoms with van der Waals surface area (Å²) < 4.78 is 34.7. The SMILES string of the molecule is CC/C=C\C/C=C\C/C=C\C/C=C\C/C=C\C/C=C\CCC(=O)OC(COCCCCCCCCCCC)COP(=O)(O)OCC[N+](C)(C)C. The highest BCUT2D eigenvalue weighted by Gasteiger charge is 2.26. The van der Waals surface area contributed by atoms with Gasteiger partial charge in [-0.25, -0.2) is 4.57 Å².